The van der Waals surface area contributed by atoms with Crippen molar-refractivity contribution in [2.75, 3.05) is 5.32 Å². The fraction of sp³-hybridized carbons (Fsp3) is 0.0588. The number of anilines is 1. The summed E-state index contributed by atoms with van der Waals surface area (Å²) in [6, 6.07) is 9.60. The quantitative estimate of drug-likeness (QED) is 0.566. The van der Waals surface area contributed by atoms with E-state index < -0.39 is 17.7 Å². The van der Waals surface area contributed by atoms with Gasteiger partial charge in [0, 0.05) is 5.38 Å². The minimum atomic E-state index is -0.529. The third-order valence-corrected chi connectivity index (χ3v) is 4.43. The van der Waals surface area contributed by atoms with Gasteiger partial charge in [0.1, 0.15) is 0 Å². The molecule has 0 radical (unpaired) electrons. The maximum atomic E-state index is 12.0. The van der Waals surface area contributed by atoms with Crippen molar-refractivity contribution in [3.8, 4) is 0 Å². The number of hydrazine groups is 1. The van der Waals surface area contributed by atoms with Crippen LogP contribution in [0.4, 0.5) is 5.13 Å². The first-order valence-corrected chi connectivity index (χ1v) is 8.91. The number of carbonyl (C=O) groups excluding carboxylic acids is 3. The lowest BCUT2D eigenvalue weighted by molar-refractivity contribution is -0.121. The van der Waals surface area contributed by atoms with E-state index in [0.29, 0.717) is 10.8 Å². The van der Waals surface area contributed by atoms with Gasteiger partial charge < -0.3 is 4.42 Å². The monoisotopic (exact) mass is 404 g/mol. The van der Waals surface area contributed by atoms with Gasteiger partial charge in [-0.1, -0.05) is 23.7 Å². The van der Waals surface area contributed by atoms with Gasteiger partial charge in [-0.3, -0.25) is 30.6 Å². The van der Waals surface area contributed by atoms with Crippen LogP contribution in [-0.2, 0) is 11.2 Å². The Hall–Kier alpha value is -3.17. The largest absolute Gasteiger partial charge is 0.459 e. The molecule has 3 rings (SSSR count). The fourth-order valence-electron chi connectivity index (χ4n) is 2.06. The van der Waals surface area contributed by atoms with Crippen molar-refractivity contribution in [1.82, 2.24) is 15.8 Å². The molecule has 10 heteroatoms. The molecule has 2 aromatic heterocycles. The van der Waals surface area contributed by atoms with Crippen molar-refractivity contribution >= 4 is 45.8 Å². The van der Waals surface area contributed by atoms with Crippen molar-refractivity contribution in [2.24, 2.45) is 0 Å². The topological polar surface area (TPSA) is 113 Å². The van der Waals surface area contributed by atoms with Gasteiger partial charge in [-0.25, -0.2) is 4.98 Å². The van der Waals surface area contributed by atoms with Crippen LogP contribution in [0.2, 0.25) is 5.02 Å². The minimum Gasteiger partial charge on any atom is -0.459 e. The minimum absolute atomic E-state index is 0.0735. The van der Waals surface area contributed by atoms with Crippen LogP contribution in [0.5, 0.6) is 0 Å². The number of hydrogen-bond donors (Lipinski definition) is 3. The number of benzene rings is 1. The molecule has 0 saturated carbocycles. The van der Waals surface area contributed by atoms with Gasteiger partial charge in [0.05, 0.1) is 29.0 Å². The maximum Gasteiger partial charge on any atom is 0.293 e. The number of aromatic nitrogens is 1. The Morgan fingerprint density at radius 2 is 1.89 bits per heavy atom. The summed E-state index contributed by atoms with van der Waals surface area (Å²) in [7, 11) is 0. The summed E-state index contributed by atoms with van der Waals surface area (Å²) in [5, 5.41) is 4.82. The van der Waals surface area contributed by atoms with Gasteiger partial charge in [0.25, 0.3) is 11.8 Å². The van der Waals surface area contributed by atoms with E-state index in [2.05, 4.69) is 21.2 Å². The average molecular weight is 405 g/mol. The van der Waals surface area contributed by atoms with Gasteiger partial charge in [0.2, 0.25) is 5.91 Å². The highest BCUT2D eigenvalue weighted by atomic mass is 35.5. The molecule has 3 aromatic rings. The lowest BCUT2D eigenvalue weighted by Crippen LogP contribution is -2.42. The van der Waals surface area contributed by atoms with Gasteiger partial charge in [0.15, 0.2) is 10.9 Å². The van der Waals surface area contributed by atoms with E-state index in [4.69, 9.17) is 16.0 Å². The Bertz CT molecular complexity index is 971. The van der Waals surface area contributed by atoms with Crippen LogP contribution in [0.25, 0.3) is 0 Å². The highest BCUT2D eigenvalue weighted by Gasteiger charge is 2.14. The third-order valence-electron chi connectivity index (χ3n) is 3.29. The van der Waals surface area contributed by atoms with Crippen LogP contribution in [0.1, 0.15) is 26.6 Å². The number of nitrogens with one attached hydrogen (secondary N) is 3. The lowest BCUT2D eigenvalue weighted by atomic mass is 10.2. The molecule has 27 heavy (non-hydrogen) atoms. The number of thiazole rings is 1. The number of amides is 3. The first kappa shape index (κ1) is 18.6. The molecule has 0 spiro atoms. The molecule has 3 N–H and O–H groups in total. The Labute approximate surface area is 162 Å². The number of rotatable bonds is 5. The molecule has 0 aliphatic carbocycles. The van der Waals surface area contributed by atoms with E-state index in [1.165, 1.54) is 29.7 Å². The summed E-state index contributed by atoms with van der Waals surface area (Å²) >= 11 is 7.09. The second-order valence-corrected chi connectivity index (χ2v) is 6.50. The molecular weight excluding hydrogens is 392 g/mol. The fourth-order valence-corrected chi connectivity index (χ4v) is 2.99. The molecule has 0 aliphatic heterocycles. The molecule has 0 atom stereocenters. The van der Waals surface area contributed by atoms with E-state index in [-0.39, 0.29) is 22.8 Å². The predicted molar refractivity (Wildman–Crippen MR) is 99.5 cm³/mol. The average Bonchev–Trinajstić information content (AvgIpc) is 3.32. The highest BCUT2D eigenvalue weighted by Crippen LogP contribution is 2.17. The summed E-state index contributed by atoms with van der Waals surface area (Å²) in [4.78, 5) is 40.0. The summed E-state index contributed by atoms with van der Waals surface area (Å²) in [6.45, 7) is 0. The van der Waals surface area contributed by atoms with Crippen LogP contribution < -0.4 is 16.2 Å². The van der Waals surface area contributed by atoms with E-state index in [0.717, 1.165) is 0 Å². The molecule has 0 aliphatic rings. The highest BCUT2D eigenvalue weighted by molar-refractivity contribution is 7.14. The van der Waals surface area contributed by atoms with Crippen molar-refractivity contribution in [3.05, 3.63) is 70.1 Å². The number of carbonyl (C=O) groups is 3. The van der Waals surface area contributed by atoms with Crippen LogP contribution in [0.3, 0.4) is 0 Å². The summed E-state index contributed by atoms with van der Waals surface area (Å²) in [5.41, 5.74) is 5.27. The summed E-state index contributed by atoms with van der Waals surface area (Å²) in [6.07, 6.45) is 1.32. The Morgan fingerprint density at radius 3 is 2.63 bits per heavy atom. The molecule has 8 nitrogen and oxygen atoms in total. The molecular formula is C17H13ClN4O4S. The first-order valence-electron chi connectivity index (χ1n) is 7.66. The van der Waals surface area contributed by atoms with Crippen LogP contribution in [-0.4, -0.2) is 22.7 Å². The van der Waals surface area contributed by atoms with Gasteiger partial charge >= 0.3 is 0 Å². The summed E-state index contributed by atoms with van der Waals surface area (Å²) in [5.74, 6) is -1.27. The van der Waals surface area contributed by atoms with E-state index in [1.807, 2.05) is 0 Å². The van der Waals surface area contributed by atoms with Gasteiger partial charge in [-0.05, 0) is 24.3 Å². The molecule has 1 aromatic carbocycles. The lowest BCUT2D eigenvalue weighted by Gasteiger charge is -2.07. The van der Waals surface area contributed by atoms with Crippen LogP contribution in [0, 0.1) is 0 Å². The number of nitrogens with zero attached hydrogens (tertiary/aromatic N) is 1. The molecule has 2 heterocycles. The Kier molecular flexibility index (Phi) is 5.84. The molecule has 0 unspecified atom stereocenters. The van der Waals surface area contributed by atoms with Crippen LogP contribution in [0.15, 0.2) is 52.5 Å². The van der Waals surface area contributed by atoms with Crippen molar-refractivity contribution < 1.29 is 18.8 Å². The van der Waals surface area contributed by atoms with Crippen molar-refractivity contribution in [3.63, 3.8) is 0 Å². The number of halogens is 1. The molecule has 138 valence electrons. The Balaban J connectivity index is 1.50. The molecule has 0 saturated heterocycles. The molecule has 0 fully saturated rings. The zero-order chi connectivity index (χ0) is 19.2. The number of furan rings is 1. The zero-order valence-corrected chi connectivity index (χ0v) is 15.3. The smallest absolute Gasteiger partial charge is 0.293 e. The SMILES string of the molecule is O=C(Cc1csc(NC(=O)c2ccco2)n1)NNC(=O)c1ccccc1Cl. The third kappa shape index (κ3) is 4.93. The second-order valence-electron chi connectivity index (χ2n) is 5.23. The first-order chi connectivity index (χ1) is 13.0. The Morgan fingerprint density at radius 1 is 1.07 bits per heavy atom. The second kappa shape index (κ2) is 8.47. The maximum absolute atomic E-state index is 12.0. The molecule has 3 amide bonds. The zero-order valence-electron chi connectivity index (χ0n) is 13.7. The molecule has 0 bridgehead atoms. The van der Waals surface area contributed by atoms with Crippen molar-refractivity contribution in [1.29, 1.82) is 0 Å². The standard InChI is InChI=1S/C17H13ClN4O4S/c18-12-5-2-1-4-11(12)15(24)22-21-14(23)8-10-9-27-17(19-10)20-16(25)13-6-3-7-26-13/h1-7,9H,8H2,(H,21,23)(H,22,24)(H,19,20,25). The van der Waals surface area contributed by atoms with E-state index in [1.54, 1.807) is 29.6 Å². The van der Waals surface area contributed by atoms with Crippen LogP contribution >= 0.6 is 22.9 Å². The van der Waals surface area contributed by atoms with Crippen molar-refractivity contribution in [2.45, 2.75) is 6.42 Å². The van der Waals surface area contributed by atoms with Gasteiger partial charge in [-0.2, -0.15) is 0 Å². The number of hydrogen-bond acceptors (Lipinski definition) is 6. The van der Waals surface area contributed by atoms with Gasteiger partial charge in [-0.15, -0.1) is 11.3 Å². The normalized spacial score (nSPS) is 10.3. The van der Waals surface area contributed by atoms with E-state index >= 15 is 0 Å². The predicted octanol–water partition coefficient (Wildman–Crippen LogP) is 2.65. The summed E-state index contributed by atoms with van der Waals surface area (Å²) < 4.78 is 4.99. The van der Waals surface area contributed by atoms with E-state index in [9.17, 15) is 14.4 Å².